The third kappa shape index (κ3) is 6.33. The maximum Gasteiger partial charge on any atom is 0.330 e. The summed E-state index contributed by atoms with van der Waals surface area (Å²) in [4.78, 5) is 26.5. The fourth-order valence-corrected chi connectivity index (χ4v) is 5.47. The Hall–Kier alpha value is -4.26. The maximum absolute atomic E-state index is 12.6. The molecule has 11 nitrogen and oxygen atoms in total. The van der Waals surface area contributed by atoms with E-state index in [2.05, 4.69) is 4.98 Å². The lowest BCUT2D eigenvalue weighted by Crippen LogP contribution is -2.41. The van der Waals surface area contributed by atoms with Gasteiger partial charge in [0.2, 0.25) is 0 Å². The van der Waals surface area contributed by atoms with Crippen LogP contribution in [0.1, 0.15) is 22.9 Å². The number of ether oxygens (including phenoxy) is 6. The van der Waals surface area contributed by atoms with Crippen molar-refractivity contribution in [1.82, 2.24) is 9.55 Å². The van der Waals surface area contributed by atoms with E-state index < -0.39 is 41.4 Å². The SMILES string of the molecule is COCCO[C@@H]1C(O)[C@H](n2ccc(=O)[nH]c2=O)O[C@@H]1COC(c1ccccc1)(c1ccc(OC)cc1)c1ccc(OC)cc1. The van der Waals surface area contributed by atoms with Gasteiger partial charge in [0.25, 0.3) is 5.56 Å². The van der Waals surface area contributed by atoms with Gasteiger partial charge in [0.15, 0.2) is 6.23 Å². The first-order chi connectivity index (χ1) is 21.4. The summed E-state index contributed by atoms with van der Waals surface area (Å²) in [6.45, 7) is 0.411. The molecule has 1 aliphatic rings. The number of nitrogens with zero attached hydrogens (tertiary/aromatic N) is 1. The lowest BCUT2D eigenvalue weighted by Gasteiger charge is -2.37. The molecule has 3 aromatic carbocycles. The van der Waals surface area contributed by atoms with E-state index in [1.54, 1.807) is 21.3 Å². The van der Waals surface area contributed by atoms with Gasteiger partial charge in [-0.25, -0.2) is 4.79 Å². The van der Waals surface area contributed by atoms with E-state index in [1.165, 1.54) is 12.3 Å². The summed E-state index contributed by atoms with van der Waals surface area (Å²) in [6, 6.07) is 26.2. The highest BCUT2D eigenvalue weighted by atomic mass is 16.6. The number of aromatic amines is 1. The number of hydrogen-bond donors (Lipinski definition) is 2. The van der Waals surface area contributed by atoms with Gasteiger partial charge in [0.1, 0.15) is 35.4 Å². The minimum absolute atomic E-state index is 0.0454. The van der Waals surface area contributed by atoms with Crippen molar-refractivity contribution in [2.75, 3.05) is 41.2 Å². The standard InChI is InChI=1S/C33H36N2O9/c1-39-19-20-42-30-27(44-31(29(30)37)35-18-17-28(36)34-32(35)38)21-43-33(22-7-5-4-6-8-22,23-9-13-25(40-2)14-10-23)24-11-15-26(41-3)16-12-24/h4-18,27,29-31,37H,19-21H2,1-3H3,(H,34,36,38)/t27-,29?,30+,31-/m1/s1. The first kappa shape index (κ1) is 31.2. The molecule has 1 aromatic heterocycles. The van der Waals surface area contributed by atoms with Gasteiger partial charge in [0, 0.05) is 19.4 Å². The van der Waals surface area contributed by atoms with Crippen molar-refractivity contribution in [1.29, 1.82) is 0 Å². The fourth-order valence-electron chi connectivity index (χ4n) is 5.47. The molecule has 1 aliphatic heterocycles. The largest absolute Gasteiger partial charge is 0.497 e. The van der Waals surface area contributed by atoms with Crippen LogP contribution in [0.4, 0.5) is 0 Å². The third-order valence-corrected chi connectivity index (χ3v) is 7.67. The fraction of sp³-hybridized carbons (Fsp3) is 0.333. The number of benzene rings is 3. The number of rotatable bonds is 13. The van der Waals surface area contributed by atoms with Crippen LogP contribution >= 0.6 is 0 Å². The molecule has 0 radical (unpaired) electrons. The van der Waals surface area contributed by atoms with Crippen LogP contribution in [0.25, 0.3) is 0 Å². The van der Waals surface area contributed by atoms with Gasteiger partial charge >= 0.3 is 5.69 Å². The molecule has 5 rings (SSSR count). The summed E-state index contributed by atoms with van der Waals surface area (Å²) in [6.07, 6.45) is -2.79. The predicted molar refractivity (Wildman–Crippen MR) is 161 cm³/mol. The third-order valence-electron chi connectivity index (χ3n) is 7.67. The quantitative estimate of drug-likeness (QED) is 0.175. The molecule has 1 fully saturated rings. The molecular formula is C33H36N2O9. The summed E-state index contributed by atoms with van der Waals surface area (Å²) in [7, 11) is 4.76. The van der Waals surface area contributed by atoms with E-state index in [1.807, 2.05) is 78.9 Å². The number of aliphatic hydroxyl groups excluding tert-OH is 1. The number of nitrogens with one attached hydrogen (secondary N) is 1. The summed E-state index contributed by atoms with van der Waals surface area (Å²) in [5.74, 6) is 1.38. The molecule has 44 heavy (non-hydrogen) atoms. The smallest absolute Gasteiger partial charge is 0.330 e. The molecular weight excluding hydrogens is 568 g/mol. The summed E-state index contributed by atoms with van der Waals surface area (Å²) >= 11 is 0. The Labute approximate surface area is 254 Å². The van der Waals surface area contributed by atoms with Crippen LogP contribution in [0.5, 0.6) is 11.5 Å². The minimum Gasteiger partial charge on any atom is -0.497 e. The number of hydrogen-bond acceptors (Lipinski definition) is 9. The monoisotopic (exact) mass is 604 g/mol. The molecule has 232 valence electrons. The van der Waals surface area contributed by atoms with Crippen molar-refractivity contribution in [3.63, 3.8) is 0 Å². The number of methoxy groups -OCH3 is 3. The Morgan fingerprint density at radius 3 is 1.95 bits per heavy atom. The van der Waals surface area contributed by atoms with Gasteiger partial charge in [-0.2, -0.15) is 0 Å². The van der Waals surface area contributed by atoms with Crippen LogP contribution in [0.15, 0.2) is 101 Å². The Kier molecular flexibility index (Phi) is 9.93. The Bertz CT molecular complexity index is 1560. The zero-order valence-electron chi connectivity index (χ0n) is 24.8. The highest BCUT2D eigenvalue weighted by Gasteiger charge is 2.48. The topological polar surface area (TPSA) is 130 Å². The molecule has 1 saturated heterocycles. The minimum atomic E-state index is -1.25. The van der Waals surface area contributed by atoms with E-state index >= 15 is 0 Å². The summed E-state index contributed by atoms with van der Waals surface area (Å²) in [5.41, 5.74) is 0.0704. The molecule has 0 saturated carbocycles. The first-order valence-corrected chi connectivity index (χ1v) is 14.2. The van der Waals surface area contributed by atoms with E-state index in [0.717, 1.165) is 21.3 Å². The second kappa shape index (κ2) is 14.0. The number of aliphatic hydroxyl groups is 1. The second-order valence-corrected chi connectivity index (χ2v) is 10.2. The summed E-state index contributed by atoms with van der Waals surface area (Å²) < 4.78 is 36.4. The molecule has 0 amide bonds. The predicted octanol–water partition coefficient (Wildman–Crippen LogP) is 2.85. The van der Waals surface area contributed by atoms with Crippen molar-refractivity contribution in [2.45, 2.75) is 30.1 Å². The van der Waals surface area contributed by atoms with E-state index in [0.29, 0.717) is 11.5 Å². The van der Waals surface area contributed by atoms with Crippen LogP contribution in [-0.4, -0.2) is 74.1 Å². The first-order valence-electron chi connectivity index (χ1n) is 14.2. The second-order valence-electron chi connectivity index (χ2n) is 10.2. The van der Waals surface area contributed by atoms with Crippen LogP contribution in [0.2, 0.25) is 0 Å². The normalized spacial score (nSPS) is 20.0. The average molecular weight is 605 g/mol. The Morgan fingerprint density at radius 2 is 1.41 bits per heavy atom. The van der Waals surface area contributed by atoms with Gasteiger partial charge in [-0.1, -0.05) is 54.6 Å². The number of H-pyrrole nitrogens is 1. The lowest BCUT2D eigenvalue weighted by molar-refractivity contribution is -0.107. The molecule has 0 aliphatic carbocycles. The van der Waals surface area contributed by atoms with Crippen molar-refractivity contribution in [2.24, 2.45) is 0 Å². The van der Waals surface area contributed by atoms with Gasteiger partial charge < -0.3 is 33.5 Å². The zero-order valence-corrected chi connectivity index (χ0v) is 24.8. The zero-order chi connectivity index (χ0) is 31.1. The van der Waals surface area contributed by atoms with Gasteiger partial charge in [-0.05, 0) is 41.0 Å². The molecule has 2 heterocycles. The van der Waals surface area contributed by atoms with Crippen LogP contribution < -0.4 is 20.7 Å². The van der Waals surface area contributed by atoms with Crippen LogP contribution in [-0.2, 0) is 24.5 Å². The van der Waals surface area contributed by atoms with Gasteiger partial charge in [-0.3, -0.25) is 14.3 Å². The number of aromatic nitrogens is 2. The van der Waals surface area contributed by atoms with E-state index in [-0.39, 0.29) is 19.8 Å². The summed E-state index contributed by atoms with van der Waals surface area (Å²) in [5, 5.41) is 11.3. The molecule has 11 heteroatoms. The molecule has 0 bridgehead atoms. The van der Waals surface area contributed by atoms with E-state index in [9.17, 15) is 14.7 Å². The van der Waals surface area contributed by atoms with Crippen molar-refractivity contribution in [3.05, 3.63) is 129 Å². The highest BCUT2D eigenvalue weighted by molar-refractivity contribution is 5.49. The highest BCUT2D eigenvalue weighted by Crippen LogP contribution is 2.43. The van der Waals surface area contributed by atoms with Crippen LogP contribution in [0, 0.1) is 0 Å². The molecule has 0 spiro atoms. The van der Waals surface area contributed by atoms with Crippen LogP contribution in [0.3, 0.4) is 0 Å². The van der Waals surface area contributed by atoms with Crippen molar-refractivity contribution >= 4 is 0 Å². The molecule has 2 N–H and O–H groups in total. The Balaban J connectivity index is 1.57. The van der Waals surface area contributed by atoms with Gasteiger partial charge in [0.05, 0.1) is 34.0 Å². The average Bonchev–Trinajstić information content (AvgIpc) is 3.36. The molecule has 1 unspecified atom stereocenters. The van der Waals surface area contributed by atoms with Crippen molar-refractivity contribution < 1.29 is 33.5 Å². The van der Waals surface area contributed by atoms with Gasteiger partial charge in [-0.15, -0.1) is 0 Å². The van der Waals surface area contributed by atoms with Crippen molar-refractivity contribution in [3.8, 4) is 11.5 Å². The molecule has 4 atom stereocenters. The molecule has 4 aromatic rings. The van der Waals surface area contributed by atoms with E-state index in [4.69, 9.17) is 28.4 Å². The lowest BCUT2D eigenvalue weighted by atomic mass is 9.80. The Morgan fingerprint density at radius 1 is 0.818 bits per heavy atom. The maximum atomic E-state index is 12.6.